The number of aryl methyl sites for hydroxylation is 5. The number of halogens is 10. The number of rotatable bonds is 18. The summed E-state index contributed by atoms with van der Waals surface area (Å²) in [6.45, 7) is 10.3. The second kappa shape index (κ2) is 35.9. The Morgan fingerprint density at radius 3 is 0.860 bits per heavy atom. The van der Waals surface area contributed by atoms with Crippen LogP contribution in [-0.2, 0) is 25.7 Å². The molecule has 10 aromatic carbocycles. The molecule has 0 bridgehead atoms. The third kappa shape index (κ3) is 20.0. The molecule has 0 amide bonds. The monoisotopic (exact) mass is 1280 g/mol. The Labute approximate surface area is 537 Å². The Balaban J connectivity index is 0.000000185. The summed E-state index contributed by atoms with van der Waals surface area (Å²) in [5, 5.41) is 45.4. The van der Waals surface area contributed by atoms with Crippen LogP contribution >= 0.6 is 0 Å². The molecular formula is C78H76F10O5. The molecule has 0 spiro atoms. The van der Waals surface area contributed by atoms with E-state index in [-0.39, 0.29) is 27.8 Å². The maximum Gasteiger partial charge on any atom is 0.200 e. The van der Waals surface area contributed by atoms with Crippen LogP contribution in [0.2, 0.25) is 0 Å². The molecular weight excluding hydrogens is 1210 g/mol. The second-order valence-electron chi connectivity index (χ2n) is 22.1. The van der Waals surface area contributed by atoms with Crippen molar-refractivity contribution in [3.05, 3.63) is 268 Å². The number of hydrogen-bond acceptors (Lipinski definition) is 5. The van der Waals surface area contributed by atoms with Gasteiger partial charge in [-0.3, -0.25) is 0 Å². The number of unbranched alkanes of at least 4 members (excludes halogenated alkanes) is 6. The molecule has 5 N–H and O–H groups in total. The molecule has 0 aromatic heterocycles. The van der Waals surface area contributed by atoms with Gasteiger partial charge < -0.3 is 25.5 Å². The van der Waals surface area contributed by atoms with Crippen molar-refractivity contribution in [1.29, 1.82) is 0 Å². The van der Waals surface area contributed by atoms with E-state index in [1.807, 2.05) is 74.5 Å². The molecule has 0 fully saturated rings. The summed E-state index contributed by atoms with van der Waals surface area (Å²) in [6, 6.07) is 49.4. The first-order chi connectivity index (χ1) is 44.6. The van der Waals surface area contributed by atoms with Crippen LogP contribution in [0.25, 0.3) is 55.6 Å². The van der Waals surface area contributed by atoms with Gasteiger partial charge in [0, 0.05) is 27.8 Å². The molecule has 0 unspecified atom stereocenters. The molecule has 0 saturated heterocycles. The van der Waals surface area contributed by atoms with Crippen molar-refractivity contribution in [1.82, 2.24) is 0 Å². The van der Waals surface area contributed by atoms with E-state index >= 15 is 0 Å². The van der Waals surface area contributed by atoms with E-state index in [0.717, 1.165) is 68.2 Å². The largest absolute Gasteiger partial charge is 0.505 e. The van der Waals surface area contributed by atoms with Gasteiger partial charge in [-0.1, -0.05) is 200 Å². The van der Waals surface area contributed by atoms with Crippen molar-refractivity contribution in [2.24, 2.45) is 0 Å². The molecule has 10 rings (SSSR count). The minimum absolute atomic E-state index is 0.148. The van der Waals surface area contributed by atoms with E-state index in [2.05, 4.69) is 20.8 Å². The van der Waals surface area contributed by atoms with Gasteiger partial charge in [0.05, 0.1) is 0 Å². The fraction of sp³-hybridized carbons (Fsp3) is 0.231. The second-order valence-corrected chi connectivity index (χ2v) is 22.1. The normalized spacial score (nSPS) is 10.7. The first-order valence-electron chi connectivity index (χ1n) is 30.9. The summed E-state index contributed by atoms with van der Waals surface area (Å²) < 4.78 is 135. The molecule has 0 atom stereocenters. The minimum Gasteiger partial charge on any atom is -0.505 e. The Morgan fingerprint density at radius 1 is 0.247 bits per heavy atom. The lowest BCUT2D eigenvalue weighted by Crippen LogP contribution is -1.93. The maximum absolute atomic E-state index is 13.8. The van der Waals surface area contributed by atoms with Crippen LogP contribution in [-0.4, -0.2) is 25.5 Å². The van der Waals surface area contributed by atoms with Gasteiger partial charge in [0.1, 0.15) is 0 Å². The highest BCUT2D eigenvalue weighted by Crippen LogP contribution is 2.35. The highest BCUT2D eigenvalue weighted by molar-refractivity contribution is 5.70. The molecule has 5 nitrogen and oxygen atoms in total. The Bertz CT molecular complexity index is 4010. The number of phenolic OH excluding ortho intramolecular Hbond substituents is 5. The van der Waals surface area contributed by atoms with Gasteiger partial charge in [-0.05, 0) is 156 Å². The zero-order valence-electron chi connectivity index (χ0n) is 52.5. The fourth-order valence-electron chi connectivity index (χ4n) is 9.97. The predicted molar refractivity (Wildman–Crippen MR) is 351 cm³/mol. The van der Waals surface area contributed by atoms with Gasteiger partial charge in [0.2, 0.25) is 29.1 Å². The van der Waals surface area contributed by atoms with Gasteiger partial charge in [-0.25, -0.2) is 22.0 Å². The lowest BCUT2D eigenvalue weighted by Gasteiger charge is -2.09. The van der Waals surface area contributed by atoms with E-state index in [0.29, 0.717) is 27.8 Å². The predicted octanol–water partition coefficient (Wildman–Crippen LogP) is 22.8. The number of benzene rings is 10. The Kier molecular flexibility index (Phi) is 28.0. The summed E-state index contributed by atoms with van der Waals surface area (Å²) in [5.74, 6) is -14.4. The highest BCUT2D eigenvalue weighted by atomic mass is 19.2. The molecule has 0 aliphatic rings. The van der Waals surface area contributed by atoms with Crippen molar-refractivity contribution in [2.45, 2.75) is 118 Å². The lowest BCUT2D eigenvalue weighted by molar-refractivity contribution is 0.408. The topological polar surface area (TPSA) is 101 Å². The average molecular weight is 1280 g/mol. The van der Waals surface area contributed by atoms with Crippen molar-refractivity contribution in [2.75, 3.05) is 0 Å². The molecule has 0 aliphatic carbocycles. The van der Waals surface area contributed by atoms with Crippen molar-refractivity contribution in [3.63, 3.8) is 0 Å². The first-order valence-corrected chi connectivity index (χ1v) is 30.9. The van der Waals surface area contributed by atoms with E-state index in [1.165, 1.54) is 104 Å². The third-order valence-corrected chi connectivity index (χ3v) is 15.3. The quantitative estimate of drug-likeness (QED) is 0.0435. The molecule has 93 heavy (non-hydrogen) atoms. The number of aromatic hydroxyl groups is 5. The summed E-state index contributed by atoms with van der Waals surface area (Å²) in [4.78, 5) is 0. The Morgan fingerprint density at radius 2 is 0.527 bits per heavy atom. The molecule has 0 heterocycles. The van der Waals surface area contributed by atoms with Crippen LogP contribution in [0.15, 0.2) is 182 Å². The molecule has 0 aliphatic heterocycles. The van der Waals surface area contributed by atoms with Gasteiger partial charge in [0.25, 0.3) is 0 Å². The summed E-state index contributed by atoms with van der Waals surface area (Å²) in [5.41, 5.74) is 9.46. The molecule has 0 radical (unpaired) electrons. The van der Waals surface area contributed by atoms with Gasteiger partial charge >= 0.3 is 0 Å². The summed E-state index contributed by atoms with van der Waals surface area (Å²) >= 11 is 0. The molecule has 0 saturated carbocycles. The van der Waals surface area contributed by atoms with E-state index in [1.54, 1.807) is 60.7 Å². The summed E-state index contributed by atoms with van der Waals surface area (Å²) in [7, 11) is 0. The standard InChI is InChI=1S/C19H22F2O.C17H18F2O.C15H14F2O.C14H12F2O.C13H10F2O/c1-2-3-4-5-6-7-14-8-10-15(11-9-14)16-12-13-17(22)19(21)18(16)20;1-2-3-4-5-12-6-8-13(9-7-12)14-10-11-15(20)17(19)16(14)18;1-2-3-10-4-6-11(7-5-10)12-8-9-13(18)15(17)14(12)16;1-2-9-5-3-4-6-10(9)11-7-8-12(17)14(16)13(11)15;1-8-2-4-9(5-3-8)10-6-7-11(16)13(15)12(10)14/h8-13,22H,2-7H2,1H3;6-11,20H,2-5H2,1H3;4-9,18H,2-3H2,1H3;3-8,17H,2H2,1H3;2-7,16H,1H3. The van der Waals surface area contributed by atoms with E-state index in [4.69, 9.17) is 25.5 Å². The zero-order valence-corrected chi connectivity index (χ0v) is 52.5. The smallest absolute Gasteiger partial charge is 0.200 e. The molecule has 488 valence electrons. The maximum atomic E-state index is 13.8. The fourth-order valence-corrected chi connectivity index (χ4v) is 9.97. The van der Waals surface area contributed by atoms with E-state index in [9.17, 15) is 43.9 Å². The van der Waals surface area contributed by atoms with Crippen molar-refractivity contribution in [3.8, 4) is 84.4 Å². The van der Waals surface area contributed by atoms with Crippen LogP contribution in [0.1, 0.15) is 113 Å². The van der Waals surface area contributed by atoms with Gasteiger partial charge in [-0.2, -0.15) is 22.0 Å². The SMILES string of the molecule is CCCCCCCc1ccc(-c2ccc(O)c(F)c2F)cc1.CCCCCc1ccc(-c2ccc(O)c(F)c2F)cc1.CCCc1ccc(-c2ccc(O)c(F)c2F)cc1.CCc1ccccc1-c1ccc(O)c(F)c1F.Cc1ccc(-c2ccc(O)c(F)c2F)cc1. The van der Waals surface area contributed by atoms with Crippen LogP contribution in [0.3, 0.4) is 0 Å². The van der Waals surface area contributed by atoms with Crippen LogP contribution in [0.4, 0.5) is 43.9 Å². The first kappa shape index (κ1) is 72.6. The minimum atomic E-state index is -1.21. The number of phenols is 5. The van der Waals surface area contributed by atoms with Gasteiger partial charge in [-0.15, -0.1) is 0 Å². The van der Waals surface area contributed by atoms with Gasteiger partial charge in [0.15, 0.2) is 57.8 Å². The van der Waals surface area contributed by atoms with Crippen molar-refractivity contribution >= 4 is 0 Å². The molecule has 15 heteroatoms. The average Bonchev–Trinajstić information content (AvgIpc) is 1.00. The van der Waals surface area contributed by atoms with E-state index < -0.39 is 86.9 Å². The lowest BCUT2D eigenvalue weighted by atomic mass is 9.97. The zero-order chi connectivity index (χ0) is 67.7. The third-order valence-electron chi connectivity index (χ3n) is 15.3. The Hall–Kier alpha value is -9.50. The number of hydrogen-bond donors (Lipinski definition) is 5. The van der Waals surface area contributed by atoms with Crippen LogP contribution in [0, 0.1) is 65.1 Å². The van der Waals surface area contributed by atoms with Crippen LogP contribution < -0.4 is 0 Å². The summed E-state index contributed by atoms with van der Waals surface area (Å²) in [6.07, 6.45) is 14.4. The molecule has 10 aromatic rings. The van der Waals surface area contributed by atoms with Crippen LogP contribution in [0.5, 0.6) is 28.7 Å². The highest BCUT2D eigenvalue weighted by Gasteiger charge is 2.19. The van der Waals surface area contributed by atoms with Crippen molar-refractivity contribution < 1.29 is 69.4 Å².